The molecule has 30 heavy (non-hydrogen) atoms. The zero-order valence-electron chi connectivity index (χ0n) is 17.4. The summed E-state index contributed by atoms with van der Waals surface area (Å²) >= 11 is 0. The van der Waals surface area contributed by atoms with Gasteiger partial charge in [-0.1, -0.05) is 0 Å². The van der Waals surface area contributed by atoms with Crippen molar-refractivity contribution in [3.8, 4) is 11.5 Å². The summed E-state index contributed by atoms with van der Waals surface area (Å²) in [6, 6.07) is 9.13. The van der Waals surface area contributed by atoms with Crippen LogP contribution >= 0.6 is 0 Å². The Kier molecular flexibility index (Phi) is 5.22. The highest BCUT2D eigenvalue weighted by atomic mass is 16.5. The third kappa shape index (κ3) is 3.52. The van der Waals surface area contributed by atoms with Crippen molar-refractivity contribution in [1.82, 2.24) is 19.6 Å². The van der Waals surface area contributed by atoms with E-state index in [1.165, 1.54) is 0 Å². The van der Waals surface area contributed by atoms with Gasteiger partial charge >= 0.3 is 0 Å². The third-order valence-electron chi connectivity index (χ3n) is 5.16. The topological polar surface area (TPSA) is 90.6 Å². The van der Waals surface area contributed by atoms with Gasteiger partial charge in [0.2, 0.25) is 5.91 Å². The summed E-state index contributed by atoms with van der Waals surface area (Å²) in [4.78, 5) is 21.6. The van der Waals surface area contributed by atoms with Crippen molar-refractivity contribution in [1.29, 1.82) is 0 Å². The van der Waals surface area contributed by atoms with Gasteiger partial charge in [0.15, 0.2) is 22.8 Å². The fourth-order valence-corrected chi connectivity index (χ4v) is 3.60. The number of hydrogen-bond donors (Lipinski definition) is 1. The number of methoxy groups -OCH3 is 2. The molecule has 4 aromatic rings. The molecule has 1 amide bonds. The van der Waals surface area contributed by atoms with Crippen molar-refractivity contribution in [3.05, 3.63) is 53.5 Å². The predicted molar refractivity (Wildman–Crippen MR) is 114 cm³/mol. The van der Waals surface area contributed by atoms with E-state index in [0.717, 1.165) is 28.0 Å². The Morgan fingerprint density at radius 2 is 1.93 bits per heavy atom. The van der Waals surface area contributed by atoms with E-state index in [1.807, 2.05) is 30.5 Å². The molecule has 0 fully saturated rings. The van der Waals surface area contributed by atoms with Gasteiger partial charge in [0.1, 0.15) is 0 Å². The molecule has 3 aromatic heterocycles. The lowest BCUT2D eigenvalue weighted by atomic mass is 10.1. The fraction of sp³-hybridized carbons (Fsp3) is 0.273. The van der Waals surface area contributed by atoms with Crippen LogP contribution < -0.4 is 14.8 Å². The number of carbonyl (C=O) groups excluding carboxylic acids is 1. The molecule has 1 aromatic carbocycles. The quantitative estimate of drug-likeness (QED) is 0.528. The molecule has 0 saturated carbocycles. The van der Waals surface area contributed by atoms with Crippen LogP contribution in [0.4, 0.5) is 5.69 Å². The molecule has 0 spiro atoms. The molecule has 1 N–H and O–H groups in total. The number of fused-ring (bicyclic) bond motifs is 3. The zero-order valence-corrected chi connectivity index (χ0v) is 17.4. The fourth-order valence-electron chi connectivity index (χ4n) is 3.60. The van der Waals surface area contributed by atoms with Crippen LogP contribution in [0.2, 0.25) is 0 Å². The second kappa shape index (κ2) is 7.98. The van der Waals surface area contributed by atoms with Crippen molar-refractivity contribution in [2.45, 2.75) is 26.7 Å². The molecule has 8 nitrogen and oxygen atoms in total. The first-order valence-corrected chi connectivity index (χ1v) is 9.63. The van der Waals surface area contributed by atoms with E-state index in [4.69, 9.17) is 14.5 Å². The van der Waals surface area contributed by atoms with Crippen molar-refractivity contribution >= 4 is 28.3 Å². The normalized spacial score (nSPS) is 11.1. The number of aromatic nitrogens is 4. The van der Waals surface area contributed by atoms with Crippen LogP contribution in [0.1, 0.15) is 23.4 Å². The number of ether oxygens (including phenoxy) is 2. The molecule has 0 aliphatic heterocycles. The summed E-state index contributed by atoms with van der Waals surface area (Å²) in [7, 11) is 3.14. The first-order valence-electron chi connectivity index (χ1n) is 9.63. The second-order valence-corrected chi connectivity index (χ2v) is 6.99. The van der Waals surface area contributed by atoms with Crippen LogP contribution in [0.5, 0.6) is 11.5 Å². The highest BCUT2D eigenvalue weighted by Gasteiger charge is 2.16. The molecule has 0 aliphatic rings. The number of nitrogens with zero attached hydrogens (tertiary/aromatic N) is 4. The summed E-state index contributed by atoms with van der Waals surface area (Å²) in [5, 5.41) is 8.39. The van der Waals surface area contributed by atoms with E-state index in [-0.39, 0.29) is 5.91 Å². The molecule has 0 bridgehead atoms. The Balaban J connectivity index is 1.53. The molecular formula is C22H23N5O3. The van der Waals surface area contributed by atoms with Gasteiger partial charge < -0.3 is 14.8 Å². The minimum atomic E-state index is -0.0894. The van der Waals surface area contributed by atoms with E-state index < -0.39 is 0 Å². The van der Waals surface area contributed by atoms with E-state index in [9.17, 15) is 4.79 Å². The van der Waals surface area contributed by atoms with Crippen molar-refractivity contribution < 1.29 is 14.3 Å². The standard InChI is InChI=1S/C22H23N5O3/c1-13-16(14(2)27-22(24-13)17-6-5-11-23-21(17)26-27)8-10-20(28)25-15-7-9-18(29-3)19(12-15)30-4/h5-7,9,11-12H,8,10H2,1-4H3,(H,25,28). The maximum atomic E-state index is 12.5. The number of anilines is 1. The highest BCUT2D eigenvalue weighted by Crippen LogP contribution is 2.30. The molecule has 4 rings (SSSR count). The molecular weight excluding hydrogens is 382 g/mol. The van der Waals surface area contributed by atoms with E-state index in [0.29, 0.717) is 35.7 Å². The van der Waals surface area contributed by atoms with Gasteiger partial charge in [0, 0.05) is 35.8 Å². The van der Waals surface area contributed by atoms with Crippen LogP contribution in [0, 0.1) is 13.8 Å². The monoisotopic (exact) mass is 405 g/mol. The summed E-state index contributed by atoms with van der Waals surface area (Å²) in [5.74, 6) is 1.09. The average Bonchev–Trinajstić information content (AvgIpc) is 3.12. The van der Waals surface area contributed by atoms with Gasteiger partial charge in [0.25, 0.3) is 0 Å². The first kappa shape index (κ1) is 19.6. The largest absolute Gasteiger partial charge is 0.493 e. The van der Waals surface area contributed by atoms with Crippen molar-refractivity contribution in [2.24, 2.45) is 0 Å². The summed E-state index contributed by atoms with van der Waals surface area (Å²) < 4.78 is 12.3. The number of nitrogens with one attached hydrogen (secondary N) is 1. The van der Waals surface area contributed by atoms with Gasteiger partial charge in [-0.3, -0.25) is 4.79 Å². The molecule has 0 atom stereocenters. The molecule has 0 unspecified atom stereocenters. The van der Waals surface area contributed by atoms with Crippen LogP contribution in [0.25, 0.3) is 16.7 Å². The molecule has 0 radical (unpaired) electrons. The van der Waals surface area contributed by atoms with Crippen LogP contribution in [-0.4, -0.2) is 39.7 Å². The molecule has 154 valence electrons. The number of amides is 1. The van der Waals surface area contributed by atoms with Gasteiger partial charge in [-0.25, -0.2) is 14.5 Å². The lowest BCUT2D eigenvalue weighted by Crippen LogP contribution is -2.14. The van der Waals surface area contributed by atoms with E-state index >= 15 is 0 Å². The van der Waals surface area contributed by atoms with Gasteiger partial charge in [0.05, 0.1) is 19.6 Å². The highest BCUT2D eigenvalue weighted by molar-refractivity contribution is 5.91. The number of carbonyl (C=O) groups is 1. The number of pyridine rings is 1. The number of benzene rings is 1. The second-order valence-electron chi connectivity index (χ2n) is 6.99. The SMILES string of the molecule is COc1ccc(NC(=O)CCc2c(C)nc3c4cccnc4nn3c2C)cc1OC. The Labute approximate surface area is 173 Å². The lowest BCUT2D eigenvalue weighted by Gasteiger charge is -2.12. The van der Waals surface area contributed by atoms with Crippen molar-refractivity contribution in [3.63, 3.8) is 0 Å². The van der Waals surface area contributed by atoms with E-state index in [1.54, 1.807) is 38.6 Å². The summed E-state index contributed by atoms with van der Waals surface area (Å²) in [6.07, 6.45) is 2.60. The minimum Gasteiger partial charge on any atom is -0.493 e. The van der Waals surface area contributed by atoms with E-state index in [2.05, 4.69) is 15.4 Å². The van der Waals surface area contributed by atoms with Crippen molar-refractivity contribution in [2.75, 3.05) is 19.5 Å². The van der Waals surface area contributed by atoms with Crippen LogP contribution in [-0.2, 0) is 11.2 Å². The van der Waals surface area contributed by atoms with Gasteiger partial charge in [-0.05, 0) is 50.1 Å². The summed E-state index contributed by atoms with van der Waals surface area (Å²) in [5.41, 5.74) is 4.98. The molecule has 8 heteroatoms. The number of hydrogen-bond acceptors (Lipinski definition) is 6. The van der Waals surface area contributed by atoms with Crippen LogP contribution in [0.15, 0.2) is 36.5 Å². The maximum Gasteiger partial charge on any atom is 0.224 e. The average molecular weight is 405 g/mol. The third-order valence-corrected chi connectivity index (χ3v) is 5.16. The van der Waals surface area contributed by atoms with Crippen LogP contribution in [0.3, 0.4) is 0 Å². The smallest absolute Gasteiger partial charge is 0.224 e. The Bertz CT molecular complexity index is 1250. The lowest BCUT2D eigenvalue weighted by molar-refractivity contribution is -0.116. The maximum absolute atomic E-state index is 12.5. The Morgan fingerprint density at radius 3 is 2.70 bits per heavy atom. The summed E-state index contributed by atoms with van der Waals surface area (Å²) in [6.45, 7) is 3.96. The minimum absolute atomic E-state index is 0.0894. The number of rotatable bonds is 6. The van der Waals surface area contributed by atoms with Gasteiger partial charge in [-0.2, -0.15) is 0 Å². The molecule has 3 heterocycles. The van der Waals surface area contributed by atoms with Gasteiger partial charge in [-0.15, -0.1) is 5.10 Å². The molecule has 0 saturated heterocycles. The first-order chi connectivity index (χ1) is 14.5. The Morgan fingerprint density at radius 1 is 1.13 bits per heavy atom. The number of aryl methyl sites for hydroxylation is 2. The Hall–Kier alpha value is -3.68. The molecule has 0 aliphatic carbocycles. The zero-order chi connectivity index (χ0) is 21.3. The predicted octanol–water partition coefficient (Wildman–Crippen LogP) is 3.48.